The van der Waals surface area contributed by atoms with Gasteiger partial charge in [-0.25, -0.2) is 0 Å². The van der Waals surface area contributed by atoms with Crippen molar-refractivity contribution in [1.82, 2.24) is 14.9 Å². The van der Waals surface area contributed by atoms with Crippen LogP contribution in [0, 0.1) is 5.41 Å². The summed E-state index contributed by atoms with van der Waals surface area (Å²) in [5.41, 5.74) is 2.91. The molecule has 0 N–H and O–H groups in total. The summed E-state index contributed by atoms with van der Waals surface area (Å²) in [5.74, 6) is 0.244. The maximum atomic E-state index is 12.6. The molecule has 0 unspecified atom stereocenters. The van der Waals surface area contributed by atoms with Crippen molar-refractivity contribution in [3.8, 4) is 0 Å². The van der Waals surface area contributed by atoms with Crippen LogP contribution >= 0.6 is 0 Å². The van der Waals surface area contributed by atoms with Crippen molar-refractivity contribution in [1.29, 1.82) is 0 Å². The number of benzene rings is 1. The molecule has 3 aromatic rings. The zero-order chi connectivity index (χ0) is 19.0. The second kappa shape index (κ2) is 6.93. The Labute approximate surface area is 164 Å². The fraction of sp³-hybridized carbons (Fsp3) is 0.409. The van der Waals surface area contributed by atoms with Crippen molar-refractivity contribution in [2.75, 3.05) is 24.5 Å². The Bertz CT molecular complexity index is 953. The third-order valence-electron chi connectivity index (χ3n) is 6.06. The zero-order valence-corrected chi connectivity index (χ0v) is 15.9. The van der Waals surface area contributed by atoms with E-state index in [9.17, 15) is 4.79 Å². The van der Waals surface area contributed by atoms with Gasteiger partial charge < -0.3 is 14.2 Å². The summed E-state index contributed by atoms with van der Waals surface area (Å²) in [4.78, 5) is 25.7. The van der Waals surface area contributed by atoms with Gasteiger partial charge in [0.05, 0.1) is 0 Å². The van der Waals surface area contributed by atoms with Crippen LogP contribution < -0.4 is 4.90 Å². The predicted octanol–water partition coefficient (Wildman–Crippen LogP) is 3.63. The normalized spacial score (nSPS) is 22.9. The number of piperidine rings is 2. The van der Waals surface area contributed by atoms with E-state index in [1.54, 1.807) is 6.20 Å². The number of anilines is 1. The Kier molecular flexibility index (Phi) is 4.26. The fourth-order valence-corrected chi connectivity index (χ4v) is 4.66. The molecule has 2 aromatic heterocycles. The Hall–Kier alpha value is -2.89. The van der Waals surface area contributed by atoms with E-state index in [1.807, 2.05) is 47.5 Å². The highest BCUT2D eigenvalue weighted by molar-refractivity contribution is 5.77. The van der Waals surface area contributed by atoms with Crippen LogP contribution in [0.15, 0.2) is 53.2 Å². The van der Waals surface area contributed by atoms with Crippen LogP contribution in [-0.4, -0.2) is 40.4 Å². The molecule has 28 heavy (non-hydrogen) atoms. The number of oxazole rings is 1. The molecule has 6 heteroatoms. The maximum absolute atomic E-state index is 12.6. The number of nitrogens with zero attached hydrogens (tertiary/aromatic N) is 4. The van der Waals surface area contributed by atoms with E-state index in [2.05, 4.69) is 14.9 Å². The maximum Gasteiger partial charge on any atom is 0.298 e. The van der Waals surface area contributed by atoms with E-state index < -0.39 is 0 Å². The summed E-state index contributed by atoms with van der Waals surface area (Å²) in [5, 5.41) is 0. The molecule has 0 aliphatic carbocycles. The molecule has 2 aliphatic rings. The van der Waals surface area contributed by atoms with Crippen LogP contribution in [0.1, 0.15) is 31.2 Å². The Morgan fingerprint density at radius 1 is 1.11 bits per heavy atom. The number of hydrogen-bond acceptors (Lipinski definition) is 5. The summed E-state index contributed by atoms with van der Waals surface area (Å²) >= 11 is 0. The Balaban J connectivity index is 1.36. The molecule has 144 valence electrons. The standard InChI is InChI=1S/C22H24N4O2/c27-20-8-10-22(16-26(20)14-17-5-3-11-23-13-17)9-4-12-25(15-22)21-24-18-6-1-2-7-19(18)28-21/h1-3,5-7,11,13H,4,8-10,12,14-16H2/t22-/m1/s1. The molecule has 2 saturated heterocycles. The highest BCUT2D eigenvalue weighted by Gasteiger charge is 2.42. The zero-order valence-electron chi connectivity index (χ0n) is 15.9. The lowest BCUT2D eigenvalue weighted by atomic mass is 9.73. The number of carbonyl (C=O) groups is 1. The second-order valence-electron chi connectivity index (χ2n) is 8.10. The van der Waals surface area contributed by atoms with Crippen molar-refractivity contribution < 1.29 is 9.21 Å². The van der Waals surface area contributed by atoms with Gasteiger partial charge in [0.2, 0.25) is 5.91 Å². The monoisotopic (exact) mass is 376 g/mol. The van der Waals surface area contributed by atoms with Crippen molar-refractivity contribution in [3.05, 3.63) is 54.4 Å². The number of fused-ring (bicyclic) bond motifs is 1. The van der Waals surface area contributed by atoms with Gasteiger partial charge in [-0.2, -0.15) is 4.98 Å². The van der Waals surface area contributed by atoms with Gasteiger partial charge in [-0.15, -0.1) is 0 Å². The van der Waals surface area contributed by atoms with E-state index in [-0.39, 0.29) is 11.3 Å². The van der Waals surface area contributed by atoms with Gasteiger partial charge in [0.1, 0.15) is 5.52 Å². The number of para-hydroxylation sites is 2. The summed E-state index contributed by atoms with van der Waals surface area (Å²) in [6.45, 7) is 3.26. The first-order valence-electron chi connectivity index (χ1n) is 9.98. The number of amides is 1. The molecular formula is C22H24N4O2. The lowest BCUT2D eigenvalue weighted by molar-refractivity contribution is -0.138. The van der Waals surface area contributed by atoms with Crippen LogP contribution in [-0.2, 0) is 11.3 Å². The summed E-state index contributed by atoms with van der Waals surface area (Å²) < 4.78 is 6.01. The van der Waals surface area contributed by atoms with Crippen molar-refractivity contribution >= 4 is 23.0 Å². The lowest BCUT2D eigenvalue weighted by Gasteiger charge is -2.47. The van der Waals surface area contributed by atoms with Gasteiger partial charge in [0, 0.05) is 50.4 Å². The van der Waals surface area contributed by atoms with E-state index >= 15 is 0 Å². The quantitative estimate of drug-likeness (QED) is 0.698. The van der Waals surface area contributed by atoms with Gasteiger partial charge in [-0.3, -0.25) is 9.78 Å². The molecule has 4 heterocycles. The number of hydrogen-bond donors (Lipinski definition) is 0. The van der Waals surface area contributed by atoms with Crippen LogP contribution in [0.4, 0.5) is 6.01 Å². The van der Waals surface area contributed by atoms with E-state index in [0.717, 1.165) is 55.6 Å². The molecule has 1 atom stereocenters. The van der Waals surface area contributed by atoms with Gasteiger partial charge >= 0.3 is 0 Å². The highest BCUT2D eigenvalue weighted by atomic mass is 16.4. The van der Waals surface area contributed by atoms with Gasteiger partial charge in [-0.05, 0) is 43.0 Å². The Morgan fingerprint density at radius 2 is 2.04 bits per heavy atom. The molecule has 0 saturated carbocycles. The molecule has 2 fully saturated rings. The molecule has 6 nitrogen and oxygen atoms in total. The molecule has 2 aliphatic heterocycles. The van der Waals surface area contributed by atoms with Crippen LogP contribution in [0.2, 0.25) is 0 Å². The smallest absolute Gasteiger partial charge is 0.298 e. The summed E-state index contributed by atoms with van der Waals surface area (Å²) in [6.07, 6.45) is 7.39. The van der Waals surface area contributed by atoms with Crippen LogP contribution in [0.25, 0.3) is 11.1 Å². The van der Waals surface area contributed by atoms with E-state index in [0.29, 0.717) is 19.0 Å². The minimum absolute atomic E-state index is 0.106. The van der Waals surface area contributed by atoms with Crippen molar-refractivity contribution in [2.24, 2.45) is 5.41 Å². The van der Waals surface area contributed by atoms with Crippen LogP contribution in [0.3, 0.4) is 0 Å². The fourth-order valence-electron chi connectivity index (χ4n) is 4.66. The van der Waals surface area contributed by atoms with Gasteiger partial charge in [0.15, 0.2) is 5.58 Å². The van der Waals surface area contributed by atoms with E-state index in [1.165, 1.54) is 0 Å². The second-order valence-corrected chi connectivity index (χ2v) is 8.10. The number of likely N-dealkylation sites (tertiary alicyclic amines) is 1. The molecule has 1 amide bonds. The number of pyridine rings is 1. The molecule has 0 radical (unpaired) electrons. The van der Waals surface area contributed by atoms with Gasteiger partial charge in [-0.1, -0.05) is 18.2 Å². The molecule has 1 aromatic carbocycles. The largest absolute Gasteiger partial charge is 0.423 e. The highest BCUT2D eigenvalue weighted by Crippen LogP contribution is 2.40. The SMILES string of the molecule is O=C1CC[C@@]2(CCCN(c3nc4ccccc4o3)C2)CN1Cc1cccnc1. The third-order valence-corrected chi connectivity index (χ3v) is 6.06. The van der Waals surface area contributed by atoms with E-state index in [4.69, 9.17) is 4.42 Å². The number of carbonyl (C=O) groups excluding carboxylic acids is 1. The summed E-state index contributed by atoms with van der Waals surface area (Å²) in [7, 11) is 0. The Morgan fingerprint density at radius 3 is 2.89 bits per heavy atom. The third kappa shape index (κ3) is 3.23. The first-order chi connectivity index (χ1) is 13.7. The molecule has 1 spiro atoms. The van der Waals surface area contributed by atoms with Crippen LogP contribution in [0.5, 0.6) is 0 Å². The first-order valence-corrected chi connectivity index (χ1v) is 9.98. The van der Waals surface area contributed by atoms with Crippen molar-refractivity contribution in [3.63, 3.8) is 0 Å². The molecular weight excluding hydrogens is 352 g/mol. The first kappa shape index (κ1) is 17.2. The minimum Gasteiger partial charge on any atom is -0.423 e. The van der Waals surface area contributed by atoms with Crippen molar-refractivity contribution in [2.45, 2.75) is 32.2 Å². The predicted molar refractivity (Wildman–Crippen MR) is 107 cm³/mol. The van der Waals surface area contributed by atoms with Gasteiger partial charge in [0.25, 0.3) is 6.01 Å². The minimum atomic E-state index is 0.106. The average Bonchev–Trinajstić information content (AvgIpc) is 3.16. The number of rotatable bonds is 3. The summed E-state index contributed by atoms with van der Waals surface area (Å²) in [6, 6.07) is 12.6. The lowest BCUT2D eigenvalue weighted by Crippen LogP contribution is -2.54. The topological polar surface area (TPSA) is 62.5 Å². The number of aromatic nitrogens is 2. The molecule has 5 rings (SSSR count). The molecule has 0 bridgehead atoms. The average molecular weight is 376 g/mol.